The zero-order chi connectivity index (χ0) is 21.8. The van der Waals surface area contributed by atoms with E-state index in [9.17, 15) is 9.59 Å². The van der Waals surface area contributed by atoms with Crippen LogP contribution in [0.5, 0.6) is 5.75 Å². The number of hydrogen-bond acceptors (Lipinski definition) is 4. The van der Waals surface area contributed by atoms with Crippen LogP contribution in [0.1, 0.15) is 24.1 Å². The number of aryl methyl sites for hydroxylation is 1. The first kappa shape index (κ1) is 22.0. The summed E-state index contributed by atoms with van der Waals surface area (Å²) in [6.45, 7) is 3.81. The van der Waals surface area contributed by atoms with E-state index in [0.29, 0.717) is 27.1 Å². The van der Waals surface area contributed by atoms with E-state index in [1.54, 1.807) is 32.2 Å². The monoisotopic (exact) mass is 448 g/mol. The van der Waals surface area contributed by atoms with Gasteiger partial charge in [0.25, 0.3) is 0 Å². The van der Waals surface area contributed by atoms with Crippen molar-refractivity contribution in [3.8, 4) is 5.75 Å². The average molecular weight is 449 g/mol. The van der Waals surface area contributed by atoms with Gasteiger partial charge in [0.1, 0.15) is 12.4 Å². The molecule has 0 radical (unpaired) electrons. The zero-order valence-corrected chi connectivity index (χ0v) is 18.4. The second-order valence-electron chi connectivity index (χ2n) is 6.80. The molecule has 2 amide bonds. The minimum atomic E-state index is -0.666. The van der Waals surface area contributed by atoms with E-state index in [4.69, 9.17) is 32.7 Å². The number of amides is 2. The molecule has 2 aromatic rings. The molecule has 0 bridgehead atoms. The first-order valence-electron chi connectivity index (χ1n) is 9.40. The molecule has 8 heteroatoms. The van der Waals surface area contributed by atoms with Gasteiger partial charge in [-0.05, 0) is 31.5 Å². The van der Waals surface area contributed by atoms with E-state index >= 15 is 0 Å². The Balaban J connectivity index is 2.06. The van der Waals surface area contributed by atoms with E-state index in [1.165, 1.54) is 4.90 Å². The summed E-state index contributed by atoms with van der Waals surface area (Å²) in [4.78, 5) is 26.9. The van der Waals surface area contributed by atoms with Crippen LogP contribution in [-0.4, -0.2) is 37.2 Å². The highest BCUT2D eigenvalue weighted by atomic mass is 35.5. The number of ether oxygens (including phenoxy) is 2. The third-order valence-electron chi connectivity index (χ3n) is 4.71. The number of benzene rings is 2. The number of halogens is 2. The molecule has 1 heterocycles. The smallest absolute Gasteiger partial charge is 0.338 e. The average Bonchev–Trinajstić information content (AvgIpc) is 2.71. The second-order valence-corrected chi connectivity index (χ2v) is 7.64. The maximum atomic E-state index is 12.9. The third kappa shape index (κ3) is 4.71. The molecule has 0 aliphatic carbocycles. The Morgan fingerprint density at radius 2 is 1.97 bits per heavy atom. The van der Waals surface area contributed by atoms with Crippen LogP contribution in [0.4, 0.5) is 4.79 Å². The SMILES string of the molecule is CCOC(=O)C1=C(COc2cc(Cl)ccc2Cl)N(C)C(=O)N[C@H]1c1cccc(C)c1. The van der Waals surface area contributed by atoms with Gasteiger partial charge in [-0.2, -0.15) is 0 Å². The van der Waals surface area contributed by atoms with Gasteiger partial charge in [0.15, 0.2) is 0 Å². The largest absolute Gasteiger partial charge is 0.486 e. The van der Waals surface area contributed by atoms with Gasteiger partial charge in [0.2, 0.25) is 0 Å². The van der Waals surface area contributed by atoms with Gasteiger partial charge in [0, 0.05) is 18.1 Å². The van der Waals surface area contributed by atoms with Crippen molar-refractivity contribution in [3.05, 3.63) is 74.9 Å². The van der Waals surface area contributed by atoms with E-state index < -0.39 is 12.0 Å². The first-order valence-corrected chi connectivity index (χ1v) is 10.2. The summed E-state index contributed by atoms with van der Waals surface area (Å²) in [6.07, 6.45) is 0. The zero-order valence-electron chi connectivity index (χ0n) is 16.9. The van der Waals surface area contributed by atoms with Gasteiger partial charge in [-0.15, -0.1) is 0 Å². The van der Waals surface area contributed by atoms with Gasteiger partial charge >= 0.3 is 12.0 Å². The lowest BCUT2D eigenvalue weighted by atomic mass is 9.94. The Hall–Kier alpha value is -2.70. The predicted molar refractivity (Wildman–Crippen MR) is 116 cm³/mol. The number of nitrogens with zero attached hydrogens (tertiary/aromatic N) is 1. The van der Waals surface area contributed by atoms with Crippen LogP contribution in [0.2, 0.25) is 10.0 Å². The van der Waals surface area contributed by atoms with E-state index in [2.05, 4.69) is 5.32 Å². The fourth-order valence-corrected chi connectivity index (χ4v) is 3.55. The first-order chi connectivity index (χ1) is 14.3. The van der Waals surface area contributed by atoms with Crippen LogP contribution >= 0.6 is 23.2 Å². The van der Waals surface area contributed by atoms with E-state index in [0.717, 1.165) is 11.1 Å². The van der Waals surface area contributed by atoms with Crippen LogP contribution in [0.3, 0.4) is 0 Å². The lowest BCUT2D eigenvalue weighted by molar-refractivity contribution is -0.139. The highest BCUT2D eigenvalue weighted by molar-refractivity contribution is 6.34. The summed E-state index contributed by atoms with van der Waals surface area (Å²) in [5.41, 5.74) is 2.48. The Kier molecular flexibility index (Phi) is 6.90. The lowest BCUT2D eigenvalue weighted by Crippen LogP contribution is -2.48. The normalized spacial score (nSPS) is 16.4. The molecule has 30 heavy (non-hydrogen) atoms. The van der Waals surface area contributed by atoms with Crippen molar-refractivity contribution in [2.45, 2.75) is 19.9 Å². The molecule has 0 fully saturated rings. The minimum Gasteiger partial charge on any atom is -0.486 e. The molecule has 1 aliphatic heterocycles. The van der Waals surface area contributed by atoms with Crippen molar-refractivity contribution in [2.24, 2.45) is 0 Å². The van der Waals surface area contributed by atoms with Crippen molar-refractivity contribution in [1.82, 2.24) is 10.2 Å². The highest BCUT2D eigenvalue weighted by Crippen LogP contribution is 2.33. The van der Waals surface area contributed by atoms with Gasteiger partial charge < -0.3 is 14.8 Å². The van der Waals surface area contributed by atoms with Crippen LogP contribution < -0.4 is 10.1 Å². The quantitative estimate of drug-likeness (QED) is 0.638. The Morgan fingerprint density at radius 3 is 2.67 bits per heavy atom. The fourth-order valence-electron chi connectivity index (χ4n) is 3.22. The molecular weight excluding hydrogens is 427 g/mol. The second kappa shape index (κ2) is 9.41. The number of esters is 1. The van der Waals surface area contributed by atoms with Gasteiger partial charge in [-0.1, -0.05) is 53.0 Å². The summed E-state index contributed by atoms with van der Waals surface area (Å²) in [7, 11) is 1.57. The maximum absolute atomic E-state index is 12.9. The third-order valence-corrected chi connectivity index (χ3v) is 5.25. The molecule has 0 aromatic heterocycles. The van der Waals surface area contributed by atoms with Crippen molar-refractivity contribution in [2.75, 3.05) is 20.3 Å². The molecule has 6 nitrogen and oxygen atoms in total. The van der Waals surface area contributed by atoms with Crippen LogP contribution in [-0.2, 0) is 9.53 Å². The molecule has 158 valence electrons. The summed E-state index contributed by atoms with van der Waals surface area (Å²) in [5, 5.41) is 3.70. The number of nitrogens with one attached hydrogen (secondary N) is 1. The van der Waals surface area contributed by atoms with Crippen molar-refractivity contribution in [1.29, 1.82) is 0 Å². The predicted octanol–water partition coefficient (Wildman–Crippen LogP) is 4.89. The number of hydrogen-bond donors (Lipinski definition) is 1. The number of carbonyl (C=O) groups is 2. The molecule has 2 aromatic carbocycles. The van der Waals surface area contributed by atoms with E-state index in [1.807, 2.05) is 31.2 Å². The molecule has 1 atom stereocenters. The number of likely N-dealkylation sites (N-methyl/N-ethyl adjacent to an activating group) is 1. The Bertz CT molecular complexity index is 1010. The lowest BCUT2D eigenvalue weighted by Gasteiger charge is -2.34. The Morgan fingerprint density at radius 1 is 1.20 bits per heavy atom. The molecular formula is C22H22Cl2N2O4. The highest BCUT2D eigenvalue weighted by Gasteiger charge is 2.37. The molecule has 0 saturated carbocycles. The van der Waals surface area contributed by atoms with E-state index in [-0.39, 0.29) is 19.2 Å². The van der Waals surface area contributed by atoms with Crippen LogP contribution in [0.25, 0.3) is 0 Å². The molecule has 0 spiro atoms. The van der Waals surface area contributed by atoms with Crippen LogP contribution in [0.15, 0.2) is 53.7 Å². The molecule has 1 N–H and O–H groups in total. The summed E-state index contributed by atoms with van der Waals surface area (Å²) < 4.78 is 11.1. The summed E-state index contributed by atoms with van der Waals surface area (Å²) >= 11 is 12.2. The Labute approximate surface area is 185 Å². The number of urea groups is 1. The summed E-state index contributed by atoms with van der Waals surface area (Å²) in [6, 6.07) is 11.4. The molecule has 1 aliphatic rings. The van der Waals surface area contributed by atoms with Crippen LogP contribution in [0, 0.1) is 6.92 Å². The minimum absolute atomic E-state index is 0.0690. The molecule has 0 saturated heterocycles. The van der Waals surface area contributed by atoms with Crippen molar-refractivity contribution >= 4 is 35.2 Å². The number of carbonyl (C=O) groups excluding carboxylic acids is 2. The van der Waals surface area contributed by atoms with Gasteiger partial charge in [-0.25, -0.2) is 9.59 Å². The van der Waals surface area contributed by atoms with Gasteiger partial charge in [-0.3, -0.25) is 4.90 Å². The number of rotatable bonds is 6. The molecule has 3 rings (SSSR count). The van der Waals surface area contributed by atoms with Crippen molar-refractivity contribution < 1.29 is 19.1 Å². The van der Waals surface area contributed by atoms with Crippen molar-refractivity contribution in [3.63, 3.8) is 0 Å². The topological polar surface area (TPSA) is 67.9 Å². The fraction of sp³-hybridized carbons (Fsp3) is 0.273. The standard InChI is InChI=1S/C22H22Cl2N2O4/c1-4-29-21(27)19-17(12-30-18-11-15(23)8-9-16(18)24)26(3)22(28)25-20(19)14-7-5-6-13(2)10-14/h5-11,20H,4,12H2,1-3H3,(H,25,28)/t20-/m0/s1. The maximum Gasteiger partial charge on any atom is 0.338 e. The summed E-state index contributed by atoms with van der Waals surface area (Å²) in [5.74, 6) is -0.169. The molecule has 0 unspecified atom stereocenters. The van der Waals surface area contributed by atoms with Gasteiger partial charge in [0.05, 0.1) is 28.9 Å².